The summed E-state index contributed by atoms with van der Waals surface area (Å²) in [7, 11) is 0. The number of nitrogens with zero attached hydrogens (tertiary/aromatic N) is 3. The molecule has 172 valence electrons. The van der Waals surface area contributed by atoms with Crippen LogP contribution in [0.4, 0.5) is 0 Å². The molecular weight excluding hydrogens is 422 g/mol. The first-order chi connectivity index (χ1) is 15.8. The number of rotatable bonds is 7. The van der Waals surface area contributed by atoms with Crippen LogP contribution in [0.5, 0.6) is 0 Å². The molecular formula is C24H27N5O4. The van der Waals surface area contributed by atoms with Crippen LogP contribution in [0.3, 0.4) is 0 Å². The van der Waals surface area contributed by atoms with E-state index in [4.69, 9.17) is 0 Å². The van der Waals surface area contributed by atoms with Crippen LogP contribution in [0, 0.1) is 12.8 Å². The van der Waals surface area contributed by atoms with E-state index in [1.54, 1.807) is 25.1 Å². The second-order valence-electron chi connectivity index (χ2n) is 8.74. The van der Waals surface area contributed by atoms with Crippen molar-refractivity contribution < 1.29 is 19.5 Å². The molecule has 1 aromatic carbocycles. The van der Waals surface area contributed by atoms with Crippen LogP contribution in [-0.4, -0.2) is 44.0 Å². The molecule has 3 N–H and O–H groups in total. The first kappa shape index (κ1) is 22.4. The van der Waals surface area contributed by atoms with Crippen molar-refractivity contribution in [2.45, 2.75) is 46.1 Å². The normalized spacial score (nSPS) is 15.0. The first-order valence-corrected chi connectivity index (χ1v) is 11.1. The molecule has 0 fully saturated rings. The standard InChI is InChI=1S/C24H27N5O4/c1-13(2)8-10-25-22(30)19-12-20(29-21(27-19)9-11-26-29)23(31)28-18-7-6-15-14(3)16(24(32)33)4-5-17(15)18/h4-5,9,11-13,18H,6-8,10H2,1-3H3,(H,25,30)(H,28,31)(H,32,33)/t18-/m0/s1. The lowest BCUT2D eigenvalue weighted by molar-refractivity contribution is 0.0695. The van der Waals surface area contributed by atoms with Gasteiger partial charge in [0.15, 0.2) is 5.65 Å². The molecule has 9 nitrogen and oxygen atoms in total. The third-order valence-corrected chi connectivity index (χ3v) is 6.06. The van der Waals surface area contributed by atoms with Crippen LogP contribution in [0.2, 0.25) is 0 Å². The van der Waals surface area contributed by atoms with Crippen molar-refractivity contribution in [1.82, 2.24) is 25.2 Å². The summed E-state index contributed by atoms with van der Waals surface area (Å²) in [5.41, 5.74) is 3.67. The number of aromatic carboxylic acids is 1. The highest BCUT2D eigenvalue weighted by molar-refractivity contribution is 5.98. The van der Waals surface area contributed by atoms with Gasteiger partial charge in [0.2, 0.25) is 0 Å². The van der Waals surface area contributed by atoms with Gasteiger partial charge in [-0.2, -0.15) is 5.10 Å². The minimum Gasteiger partial charge on any atom is -0.478 e. The monoisotopic (exact) mass is 449 g/mol. The minimum atomic E-state index is -0.958. The van der Waals surface area contributed by atoms with Gasteiger partial charge in [0, 0.05) is 18.7 Å². The molecule has 0 unspecified atom stereocenters. The number of benzene rings is 1. The molecule has 33 heavy (non-hydrogen) atoms. The van der Waals surface area contributed by atoms with Crippen molar-refractivity contribution in [3.63, 3.8) is 0 Å². The molecule has 0 saturated heterocycles. The summed E-state index contributed by atoms with van der Waals surface area (Å²) in [4.78, 5) is 41.6. The molecule has 9 heteroatoms. The van der Waals surface area contributed by atoms with Gasteiger partial charge in [-0.3, -0.25) is 9.59 Å². The Hall–Kier alpha value is -3.75. The molecule has 1 atom stereocenters. The number of nitrogens with one attached hydrogen (secondary N) is 2. The highest BCUT2D eigenvalue weighted by Crippen LogP contribution is 2.34. The number of amides is 2. The Labute approximate surface area is 191 Å². The number of hydrogen-bond donors (Lipinski definition) is 3. The molecule has 2 amide bonds. The van der Waals surface area contributed by atoms with Gasteiger partial charge in [-0.15, -0.1) is 0 Å². The predicted molar refractivity (Wildman–Crippen MR) is 121 cm³/mol. The fraction of sp³-hybridized carbons (Fsp3) is 0.375. The quantitative estimate of drug-likeness (QED) is 0.509. The van der Waals surface area contributed by atoms with Gasteiger partial charge in [0.05, 0.1) is 17.8 Å². The van der Waals surface area contributed by atoms with Gasteiger partial charge < -0.3 is 15.7 Å². The Bertz CT molecular complexity index is 1250. The molecule has 3 aromatic rings. The van der Waals surface area contributed by atoms with Gasteiger partial charge in [-0.05, 0) is 54.9 Å². The van der Waals surface area contributed by atoms with E-state index >= 15 is 0 Å². The Morgan fingerprint density at radius 1 is 1.21 bits per heavy atom. The third-order valence-electron chi connectivity index (χ3n) is 6.06. The number of carboxylic acids is 1. The summed E-state index contributed by atoms with van der Waals surface area (Å²) in [6, 6.07) is 6.19. The maximum absolute atomic E-state index is 13.2. The van der Waals surface area contributed by atoms with Crippen molar-refractivity contribution in [2.24, 2.45) is 5.92 Å². The van der Waals surface area contributed by atoms with Crippen LogP contribution in [0.1, 0.15) is 80.8 Å². The summed E-state index contributed by atoms with van der Waals surface area (Å²) >= 11 is 0. The molecule has 2 heterocycles. The zero-order valence-corrected chi connectivity index (χ0v) is 18.9. The van der Waals surface area contributed by atoms with Crippen molar-refractivity contribution in [3.8, 4) is 0 Å². The zero-order chi connectivity index (χ0) is 23.7. The molecule has 1 aliphatic rings. The van der Waals surface area contributed by atoms with E-state index in [9.17, 15) is 19.5 Å². The second kappa shape index (κ2) is 9.01. The van der Waals surface area contributed by atoms with Crippen LogP contribution in [0.25, 0.3) is 5.65 Å². The van der Waals surface area contributed by atoms with Gasteiger partial charge in [0.1, 0.15) is 11.4 Å². The fourth-order valence-electron chi connectivity index (χ4n) is 4.25. The minimum absolute atomic E-state index is 0.158. The summed E-state index contributed by atoms with van der Waals surface area (Å²) in [5, 5.41) is 19.4. The molecule has 0 aliphatic heterocycles. The molecule has 0 spiro atoms. The van der Waals surface area contributed by atoms with E-state index in [0.717, 1.165) is 23.1 Å². The average molecular weight is 450 g/mol. The SMILES string of the molecule is Cc1c(C(=O)O)ccc2c1CC[C@@H]2NC(=O)c1cc(C(=O)NCCC(C)C)nc2ccnn12. The van der Waals surface area contributed by atoms with Crippen LogP contribution in [-0.2, 0) is 6.42 Å². The van der Waals surface area contributed by atoms with E-state index in [1.165, 1.54) is 16.8 Å². The van der Waals surface area contributed by atoms with Gasteiger partial charge in [0.25, 0.3) is 11.8 Å². The van der Waals surface area contributed by atoms with E-state index in [1.807, 2.05) is 0 Å². The summed E-state index contributed by atoms with van der Waals surface area (Å²) in [6.07, 6.45) is 3.73. The highest BCUT2D eigenvalue weighted by atomic mass is 16.4. The van der Waals surface area contributed by atoms with Gasteiger partial charge in [-0.1, -0.05) is 19.9 Å². The summed E-state index contributed by atoms with van der Waals surface area (Å²) < 4.78 is 1.41. The Balaban J connectivity index is 1.58. The summed E-state index contributed by atoms with van der Waals surface area (Å²) in [5.74, 6) is -1.21. The van der Waals surface area contributed by atoms with Crippen molar-refractivity contribution in [3.05, 3.63) is 64.1 Å². The topological polar surface area (TPSA) is 126 Å². The maximum Gasteiger partial charge on any atom is 0.335 e. The lowest BCUT2D eigenvalue weighted by Gasteiger charge is -2.16. The van der Waals surface area contributed by atoms with E-state index in [-0.39, 0.29) is 34.8 Å². The Morgan fingerprint density at radius 3 is 2.73 bits per heavy atom. The van der Waals surface area contributed by atoms with Crippen molar-refractivity contribution in [1.29, 1.82) is 0 Å². The Morgan fingerprint density at radius 2 is 2.00 bits per heavy atom. The average Bonchev–Trinajstić information content (AvgIpc) is 3.40. The molecule has 1 aliphatic carbocycles. The highest BCUT2D eigenvalue weighted by Gasteiger charge is 2.28. The zero-order valence-electron chi connectivity index (χ0n) is 18.9. The molecule has 2 aromatic heterocycles. The van der Waals surface area contributed by atoms with E-state index in [2.05, 4.69) is 34.6 Å². The number of carboxylic acid groups (broad SMARTS) is 1. The Kier molecular flexibility index (Phi) is 6.13. The third kappa shape index (κ3) is 4.44. The second-order valence-corrected chi connectivity index (χ2v) is 8.74. The van der Waals surface area contributed by atoms with Gasteiger partial charge in [-0.25, -0.2) is 14.3 Å². The lowest BCUT2D eigenvalue weighted by Crippen LogP contribution is -2.31. The van der Waals surface area contributed by atoms with Crippen molar-refractivity contribution >= 4 is 23.4 Å². The van der Waals surface area contributed by atoms with Crippen LogP contribution < -0.4 is 10.6 Å². The lowest BCUT2D eigenvalue weighted by atomic mass is 9.98. The van der Waals surface area contributed by atoms with Crippen LogP contribution in [0.15, 0.2) is 30.5 Å². The van der Waals surface area contributed by atoms with Crippen molar-refractivity contribution in [2.75, 3.05) is 6.54 Å². The van der Waals surface area contributed by atoms with E-state index < -0.39 is 5.97 Å². The van der Waals surface area contributed by atoms with Gasteiger partial charge >= 0.3 is 5.97 Å². The number of fused-ring (bicyclic) bond motifs is 2. The molecule has 0 bridgehead atoms. The van der Waals surface area contributed by atoms with Crippen LogP contribution >= 0.6 is 0 Å². The first-order valence-electron chi connectivity index (χ1n) is 11.1. The number of carbonyl (C=O) groups is 3. The maximum atomic E-state index is 13.2. The largest absolute Gasteiger partial charge is 0.478 e. The predicted octanol–water partition coefficient (Wildman–Crippen LogP) is 2.93. The van der Waals surface area contributed by atoms with E-state index in [0.29, 0.717) is 31.0 Å². The fourth-order valence-corrected chi connectivity index (χ4v) is 4.25. The molecule has 4 rings (SSSR count). The number of carbonyl (C=O) groups excluding carboxylic acids is 2. The smallest absolute Gasteiger partial charge is 0.335 e. The number of aromatic nitrogens is 3. The summed E-state index contributed by atoms with van der Waals surface area (Å²) in [6.45, 7) is 6.49. The molecule has 0 radical (unpaired) electrons. The number of hydrogen-bond acceptors (Lipinski definition) is 5. The molecule has 0 saturated carbocycles.